The van der Waals surface area contributed by atoms with Gasteiger partial charge in [-0.3, -0.25) is 0 Å². The fourth-order valence-corrected chi connectivity index (χ4v) is 1.20. The summed E-state index contributed by atoms with van der Waals surface area (Å²) in [5.74, 6) is 0. The van der Waals surface area contributed by atoms with Crippen molar-refractivity contribution in [3.05, 3.63) is 0 Å². The second-order valence-electron chi connectivity index (χ2n) is 3.71. The van der Waals surface area contributed by atoms with Gasteiger partial charge in [0.05, 0.1) is 13.2 Å². The van der Waals surface area contributed by atoms with E-state index in [0.29, 0.717) is 13.2 Å². The lowest BCUT2D eigenvalue weighted by Gasteiger charge is -2.05. The third-order valence-corrected chi connectivity index (χ3v) is 2.19. The van der Waals surface area contributed by atoms with Gasteiger partial charge in [0.2, 0.25) is 0 Å². The summed E-state index contributed by atoms with van der Waals surface area (Å²) >= 11 is 0. The van der Waals surface area contributed by atoms with E-state index >= 15 is 0 Å². The molecule has 0 radical (unpaired) electrons. The van der Waals surface area contributed by atoms with Gasteiger partial charge in [0, 0.05) is 0 Å². The Labute approximate surface area is 93.1 Å². The van der Waals surface area contributed by atoms with Gasteiger partial charge in [-0.25, -0.2) is 4.79 Å². The Morgan fingerprint density at radius 3 is 1.93 bits per heavy atom. The van der Waals surface area contributed by atoms with Crippen molar-refractivity contribution >= 4 is 6.16 Å². The van der Waals surface area contributed by atoms with Crippen LogP contribution in [-0.4, -0.2) is 19.4 Å². The van der Waals surface area contributed by atoms with E-state index in [1.54, 1.807) is 0 Å². The van der Waals surface area contributed by atoms with E-state index in [0.717, 1.165) is 25.7 Å². The molecule has 0 bridgehead atoms. The van der Waals surface area contributed by atoms with Gasteiger partial charge >= 0.3 is 6.16 Å². The zero-order valence-electron chi connectivity index (χ0n) is 10.1. The van der Waals surface area contributed by atoms with E-state index in [1.807, 2.05) is 0 Å². The first-order valence-electron chi connectivity index (χ1n) is 6.10. The molecule has 0 saturated heterocycles. The van der Waals surface area contributed by atoms with Crippen molar-refractivity contribution < 1.29 is 14.3 Å². The molecule has 0 aromatic carbocycles. The quantitative estimate of drug-likeness (QED) is 0.433. The largest absolute Gasteiger partial charge is 0.508 e. The SMILES string of the molecule is CCCCCCCOC(=O)OCCCC. The zero-order chi connectivity index (χ0) is 11.4. The van der Waals surface area contributed by atoms with Crippen molar-refractivity contribution in [3.8, 4) is 0 Å². The van der Waals surface area contributed by atoms with Crippen LogP contribution in [-0.2, 0) is 9.47 Å². The highest BCUT2D eigenvalue weighted by Crippen LogP contribution is 2.02. The van der Waals surface area contributed by atoms with Gasteiger partial charge in [-0.05, 0) is 12.8 Å². The lowest BCUT2D eigenvalue weighted by atomic mass is 10.2. The van der Waals surface area contributed by atoms with E-state index in [-0.39, 0.29) is 0 Å². The Balaban J connectivity index is 3.10. The number of carbonyl (C=O) groups excluding carboxylic acids is 1. The molecule has 0 unspecified atom stereocenters. The standard InChI is InChI=1S/C12H24O3/c1-3-5-7-8-9-11-15-12(13)14-10-6-4-2/h3-11H2,1-2H3. The molecule has 0 aliphatic carbocycles. The molecule has 0 aromatic rings. The molecular weight excluding hydrogens is 192 g/mol. The highest BCUT2D eigenvalue weighted by atomic mass is 16.7. The Morgan fingerprint density at radius 2 is 1.33 bits per heavy atom. The molecule has 0 fully saturated rings. The minimum Gasteiger partial charge on any atom is -0.434 e. The van der Waals surface area contributed by atoms with Gasteiger partial charge in [-0.1, -0.05) is 46.0 Å². The Hall–Kier alpha value is -0.730. The fraction of sp³-hybridized carbons (Fsp3) is 0.917. The van der Waals surface area contributed by atoms with E-state index in [9.17, 15) is 4.79 Å². The molecule has 0 amide bonds. The first-order valence-corrected chi connectivity index (χ1v) is 6.10. The van der Waals surface area contributed by atoms with Crippen LogP contribution < -0.4 is 0 Å². The first-order chi connectivity index (χ1) is 7.31. The van der Waals surface area contributed by atoms with Gasteiger partial charge in [-0.15, -0.1) is 0 Å². The third-order valence-electron chi connectivity index (χ3n) is 2.19. The first kappa shape index (κ1) is 14.3. The number of ether oxygens (including phenoxy) is 2. The van der Waals surface area contributed by atoms with Gasteiger partial charge < -0.3 is 9.47 Å². The number of unbranched alkanes of at least 4 members (excludes halogenated alkanes) is 5. The minimum atomic E-state index is -0.515. The van der Waals surface area contributed by atoms with Gasteiger partial charge in [0.15, 0.2) is 0 Å². The number of hydrogen-bond acceptors (Lipinski definition) is 3. The van der Waals surface area contributed by atoms with Crippen LogP contribution in [0, 0.1) is 0 Å². The summed E-state index contributed by atoms with van der Waals surface area (Å²) in [4.78, 5) is 11.0. The van der Waals surface area contributed by atoms with Crippen molar-refractivity contribution in [2.75, 3.05) is 13.2 Å². The average Bonchev–Trinajstić information content (AvgIpc) is 2.23. The molecule has 3 heteroatoms. The maximum Gasteiger partial charge on any atom is 0.508 e. The molecule has 3 nitrogen and oxygen atoms in total. The Kier molecular flexibility index (Phi) is 10.8. The van der Waals surface area contributed by atoms with Crippen LogP contribution in [0.3, 0.4) is 0 Å². The molecule has 0 N–H and O–H groups in total. The van der Waals surface area contributed by atoms with Crippen LogP contribution in [0.1, 0.15) is 58.8 Å². The highest BCUT2D eigenvalue weighted by molar-refractivity contribution is 5.59. The maximum atomic E-state index is 11.0. The number of carbonyl (C=O) groups is 1. The summed E-state index contributed by atoms with van der Waals surface area (Å²) < 4.78 is 9.76. The minimum absolute atomic E-state index is 0.477. The Bertz CT molecular complexity index is 146. The van der Waals surface area contributed by atoms with E-state index < -0.39 is 6.16 Å². The summed E-state index contributed by atoms with van der Waals surface area (Å²) in [6.45, 7) is 5.21. The molecule has 0 saturated carbocycles. The normalized spacial score (nSPS) is 10.0. The van der Waals surface area contributed by atoms with Crippen LogP contribution in [0.25, 0.3) is 0 Å². The topological polar surface area (TPSA) is 35.5 Å². The predicted octanol–water partition coefficient (Wildman–Crippen LogP) is 3.91. The second kappa shape index (κ2) is 11.3. The number of hydrogen-bond donors (Lipinski definition) is 0. The van der Waals surface area contributed by atoms with Crippen molar-refractivity contribution in [2.24, 2.45) is 0 Å². The van der Waals surface area contributed by atoms with Crippen molar-refractivity contribution in [3.63, 3.8) is 0 Å². The van der Waals surface area contributed by atoms with E-state index in [4.69, 9.17) is 9.47 Å². The Morgan fingerprint density at radius 1 is 0.800 bits per heavy atom. The van der Waals surface area contributed by atoms with Gasteiger partial charge in [-0.2, -0.15) is 0 Å². The fourth-order valence-electron chi connectivity index (χ4n) is 1.20. The molecular formula is C12H24O3. The van der Waals surface area contributed by atoms with E-state index in [2.05, 4.69) is 13.8 Å². The molecule has 90 valence electrons. The van der Waals surface area contributed by atoms with Crippen LogP contribution in [0.5, 0.6) is 0 Å². The molecule has 15 heavy (non-hydrogen) atoms. The molecule has 0 spiro atoms. The van der Waals surface area contributed by atoms with Crippen LogP contribution in [0.4, 0.5) is 4.79 Å². The average molecular weight is 216 g/mol. The summed E-state index contributed by atoms with van der Waals surface area (Å²) in [7, 11) is 0. The molecule has 0 heterocycles. The smallest absolute Gasteiger partial charge is 0.434 e. The van der Waals surface area contributed by atoms with Crippen molar-refractivity contribution in [1.82, 2.24) is 0 Å². The van der Waals surface area contributed by atoms with Crippen LogP contribution in [0.15, 0.2) is 0 Å². The lowest BCUT2D eigenvalue weighted by Crippen LogP contribution is -2.09. The van der Waals surface area contributed by atoms with Crippen molar-refractivity contribution in [1.29, 1.82) is 0 Å². The van der Waals surface area contributed by atoms with Crippen molar-refractivity contribution in [2.45, 2.75) is 58.8 Å². The molecule has 0 atom stereocenters. The predicted molar refractivity (Wildman–Crippen MR) is 61.0 cm³/mol. The van der Waals surface area contributed by atoms with Gasteiger partial charge in [0.25, 0.3) is 0 Å². The number of rotatable bonds is 9. The molecule has 0 aliphatic heterocycles. The second-order valence-corrected chi connectivity index (χ2v) is 3.71. The third kappa shape index (κ3) is 11.2. The van der Waals surface area contributed by atoms with Crippen LogP contribution in [0.2, 0.25) is 0 Å². The molecule has 0 rings (SSSR count). The lowest BCUT2D eigenvalue weighted by molar-refractivity contribution is 0.0532. The summed E-state index contributed by atoms with van der Waals surface area (Å²) in [5.41, 5.74) is 0. The maximum absolute atomic E-state index is 11.0. The van der Waals surface area contributed by atoms with E-state index in [1.165, 1.54) is 19.3 Å². The summed E-state index contributed by atoms with van der Waals surface area (Å²) in [5, 5.41) is 0. The monoisotopic (exact) mass is 216 g/mol. The molecule has 0 aliphatic rings. The summed E-state index contributed by atoms with van der Waals surface area (Å²) in [6, 6.07) is 0. The highest BCUT2D eigenvalue weighted by Gasteiger charge is 2.01. The summed E-state index contributed by atoms with van der Waals surface area (Å²) in [6.07, 6.45) is 7.24. The van der Waals surface area contributed by atoms with Gasteiger partial charge in [0.1, 0.15) is 0 Å². The van der Waals surface area contributed by atoms with Crippen LogP contribution >= 0.6 is 0 Å². The zero-order valence-corrected chi connectivity index (χ0v) is 10.1. The molecule has 0 aromatic heterocycles.